The van der Waals surface area contributed by atoms with E-state index in [4.69, 9.17) is 5.73 Å². The number of anilines is 2. The molecule has 0 radical (unpaired) electrons. The first-order valence-corrected chi connectivity index (χ1v) is 7.22. The van der Waals surface area contributed by atoms with Gasteiger partial charge >= 0.3 is 0 Å². The van der Waals surface area contributed by atoms with Crippen LogP contribution >= 0.6 is 27.3 Å². The van der Waals surface area contributed by atoms with E-state index >= 15 is 0 Å². The molecule has 3 N–H and O–H groups in total. The zero-order valence-corrected chi connectivity index (χ0v) is 12.1. The van der Waals surface area contributed by atoms with Gasteiger partial charge in [0, 0.05) is 15.9 Å². The molecule has 1 heterocycles. The Labute approximate surface area is 114 Å². The van der Waals surface area contributed by atoms with Crippen LogP contribution in [0.2, 0.25) is 0 Å². The summed E-state index contributed by atoms with van der Waals surface area (Å²) in [6, 6.07) is 8.05. The minimum atomic E-state index is 0.780. The Kier molecular flexibility index (Phi) is 4.07. The maximum absolute atomic E-state index is 5.92. The first kappa shape index (κ1) is 12.5. The Hall–Kier alpha value is -1.00. The Balaban J connectivity index is 2.09. The van der Waals surface area contributed by atoms with Gasteiger partial charge in [-0.15, -0.1) is 11.3 Å². The van der Waals surface area contributed by atoms with Crippen LogP contribution < -0.4 is 11.1 Å². The van der Waals surface area contributed by atoms with Gasteiger partial charge in [0.15, 0.2) is 0 Å². The van der Waals surface area contributed by atoms with Crippen molar-refractivity contribution in [1.82, 2.24) is 0 Å². The van der Waals surface area contributed by atoms with Crippen LogP contribution in [0.15, 0.2) is 34.1 Å². The number of hydrogen-bond acceptors (Lipinski definition) is 3. The van der Waals surface area contributed by atoms with E-state index in [1.54, 1.807) is 11.3 Å². The van der Waals surface area contributed by atoms with Gasteiger partial charge in [0.1, 0.15) is 0 Å². The van der Waals surface area contributed by atoms with E-state index in [9.17, 15) is 0 Å². The maximum atomic E-state index is 5.92. The van der Waals surface area contributed by atoms with E-state index in [0.29, 0.717) is 0 Å². The van der Waals surface area contributed by atoms with Crippen LogP contribution in [-0.4, -0.2) is 0 Å². The molecule has 0 unspecified atom stereocenters. The average molecular weight is 311 g/mol. The van der Waals surface area contributed by atoms with Crippen molar-refractivity contribution < 1.29 is 0 Å². The van der Waals surface area contributed by atoms with Crippen molar-refractivity contribution in [2.75, 3.05) is 11.1 Å². The van der Waals surface area contributed by atoms with Crippen molar-refractivity contribution in [2.24, 2.45) is 0 Å². The summed E-state index contributed by atoms with van der Waals surface area (Å²) in [5.74, 6) is 0. The molecule has 0 aliphatic heterocycles. The van der Waals surface area contributed by atoms with Crippen LogP contribution in [0.4, 0.5) is 11.4 Å². The number of aryl methyl sites for hydroxylation is 1. The molecule has 0 aliphatic rings. The van der Waals surface area contributed by atoms with Gasteiger partial charge in [-0.2, -0.15) is 0 Å². The van der Waals surface area contributed by atoms with Crippen LogP contribution in [0, 0.1) is 0 Å². The van der Waals surface area contributed by atoms with Gasteiger partial charge < -0.3 is 11.1 Å². The standard InChI is InChI=1S/C13H15BrN2S/c1-2-9-5-6-17-13(9)8-16-12-7-10(14)3-4-11(12)15/h3-7,16H,2,8,15H2,1H3. The molecule has 2 rings (SSSR count). The van der Waals surface area contributed by atoms with Crippen molar-refractivity contribution in [3.63, 3.8) is 0 Å². The number of benzene rings is 1. The maximum Gasteiger partial charge on any atom is 0.0588 e. The van der Waals surface area contributed by atoms with E-state index in [1.165, 1.54) is 10.4 Å². The number of thiophene rings is 1. The minimum Gasteiger partial charge on any atom is -0.397 e. The van der Waals surface area contributed by atoms with Crippen molar-refractivity contribution in [2.45, 2.75) is 19.9 Å². The molecule has 0 aliphatic carbocycles. The number of nitrogens with two attached hydrogens (primary N) is 1. The SMILES string of the molecule is CCc1ccsc1CNc1cc(Br)ccc1N. The van der Waals surface area contributed by atoms with E-state index < -0.39 is 0 Å². The zero-order valence-electron chi connectivity index (χ0n) is 9.66. The monoisotopic (exact) mass is 310 g/mol. The van der Waals surface area contributed by atoms with Gasteiger partial charge in [-0.3, -0.25) is 0 Å². The van der Waals surface area contributed by atoms with E-state index in [2.05, 4.69) is 39.6 Å². The first-order valence-electron chi connectivity index (χ1n) is 5.55. The van der Waals surface area contributed by atoms with Crippen molar-refractivity contribution in [3.05, 3.63) is 44.6 Å². The molecule has 0 amide bonds. The van der Waals surface area contributed by atoms with E-state index in [1.807, 2.05) is 18.2 Å². The molecule has 90 valence electrons. The highest BCUT2D eigenvalue weighted by molar-refractivity contribution is 9.10. The van der Waals surface area contributed by atoms with Gasteiger partial charge in [0.05, 0.1) is 11.4 Å². The zero-order chi connectivity index (χ0) is 12.3. The van der Waals surface area contributed by atoms with Crippen LogP contribution in [-0.2, 0) is 13.0 Å². The van der Waals surface area contributed by atoms with Crippen LogP contribution in [0.25, 0.3) is 0 Å². The highest BCUT2D eigenvalue weighted by Gasteiger charge is 2.04. The fourth-order valence-corrected chi connectivity index (χ4v) is 2.97. The summed E-state index contributed by atoms with van der Waals surface area (Å²) in [6.45, 7) is 3.01. The first-order chi connectivity index (χ1) is 8.20. The number of halogens is 1. The van der Waals surface area contributed by atoms with Gasteiger partial charge in [0.25, 0.3) is 0 Å². The molecule has 0 spiro atoms. The van der Waals surface area contributed by atoms with Crippen molar-refractivity contribution in [3.8, 4) is 0 Å². The Morgan fingerprint density at radius 3 is 2.94 bits per heavy atom. The molecule has 0 atom stereocenters. The van der Waals surface area contributed by atoms with Crippen LogP contribution in [0.3, 0.4) is 0 Å². The largest absolute Gasteiger partial charge is 0.397 e. The molecule has 2 aromatic rings. The van der Waals surface area contributed by atoms with E-state index in [-0.39, 0.29) is 0 Å². The lowest BCUT2D eigenvalue weighted by molar-refractivity contribution is 1.08. The van der Waals surface area contributed by atoms with E-state index in [0.717, 1.165) is 28.8 Å². The summed E-state index contributed by atoms with van der Waals surface area (Å²) < 4.78 is 1.04. The fourth-order valence-electron chi connectivity index (χ4n) is 1.69. The lowest BCUT2D eigenvalue weighted by Gasteiger charge is -2.09. The Morgan fingerprint density at radius 2 is 2.18 bits per heavy atom. The minimum absolute atomic E-state index is 0.780. The number of nitrogen functional groups attached to an aromatic ring is 1. The molecule has 1 aromatic carbocycles. The summed E-state index contributed by atoms with van der Waals surface area (Å²) in [4.78, 5) is 1.38. The lowest BCUT2D eigenvalue weighted by atomic mass is 10.2. The third kappa shape index (κ3) is 3.01. The number of nitrogens with one attached hydrogen (secondary N) is 1. The Bertz CT molecular complexity index is 508. The predicted octanol–water partition coefficient (Wildman–Crippen LogP) is 4.27. The summed E-state index contributed by atoms with van der Waals surface area (Å²) in [5, 5.41) is 5.53. The van der Waals surface area contributed by atoms with Gasteiger partial charge in [0.2, 0.25) is 0 Å². The van der Waals surface area contributed by atoms with Crippen molar-refractivity contribution in [1.29, 1.82) is 0 Å². The second-order valence-corrected chi connectivity index (χ2v) is 5.72. The normalized spacial score (nSPS) is 10.5. The summed E-state index contributed by atoms with van der Waals surface area (Å²) in [6.07, 6.45) is 1.08. The summed E-state index contributed by atoms with van der Waals surface area (Å²) in [7, 11) is 0. The summed E-state index contributed by atoms with van der Waals surface area (Å²) in [5.41, 5.74) is 9.09. The van der Waals surface area contributed by atoms with Gasteiger partial charge in [-0.25, -0.2) is 0 Å². The molecule has 4 heteroatoms. The van der Waals surface area contributed by atoms with Crippen LogP contribution in [0.5, 0.6) is 0 Å². The smallest absolute Gasteiger partial charge is 0.0588 e. The highest BCUT2D eigenvalue weighted by atomic mass is 79.9. The Morgan fingerprint density at radius 1 is 1.35 bits per heavy atom. The lowest BCUT2D eigenvalue weighted by Crippen LogP contribution is -2.02. The molecule has 0 saturated heterocycles. The molecule has 2 nitrogen and oxygen atoms in total. The van der Waals surface area contributed by atoms with Gasteiger partial charge in [-0.1, -0.05) is 22.9 Å². The molecular formula is C13H15BrN2S. The third-order valence-corrected chi connectivity index (χ3v) is 4.13. The second-order valence-electron chi connectivity index (χ2n) is 3.81. The quantitative estimate of drug-likeness (QED) is 0.828. The van der Waals surface area contributed by atoms with Crippen molar-refractivity contribution >= 4 is 38.6 Å². The highest BCUT2D eigenvalue weighted by Crippen LogP contribution is 2.25. The average Bonchev–Trinajstić information content (AvgIpc) is 2.77. The molecular weight excluding hydrogens is 296 g/mol. The predicted molar refractivity (Wildman–Crippen MR) is 79.6 cm³/mol. The molecule has 1 aromatic heterocycles. The fraction of sp³-hybridized carbons (Fsp3) is 0.231. The third-order valence-electron chi connectivity index (χ3n) is 2.67. The van der Waals surface area contributed by atoms with Crippen LogP contribution in [0.1, 0.15) is 17.4 Å². The second kappa shape index (κ2) is 5.56. The molecule has 0 saturated carbocycles. The number of hydrogen-bond donors (Lipinski definition) is 2. The summed E-state index contributed by atoms with van der Waals surface area (Å²) >= 11 is 5.24. The number of rotatable bonds is 4. The topological polar surface area (TPSA) is 38.0 Å². The molecule has 0 bridgehead atoms. The molecule has 17 heavy (non-hydrogen) atoms. The van der Waals surface area contributed by atoms with Gasteiger partial charge in [-0.05, 0) is 41.6 Å². The molecule has 0 fully saturated rings.